The van der Waals surface area contributed by atoms with Crippen LogP contribution >= 0.6 is 11.6 Å². The van der Waals surface area contributed by atoms with Gasteiger partial charge in [-0.2, -0.15) is 0 Å². The molecule has 1 aromatic carbocycles. The Morgan fingerprint density at radius 3 is 2.31 bits per heavy atom. The first kappa shape index (κ1) is 21.6. The quantitative estimate of drug-likeness (QED) is 0.787. The molecule has 0 unspecified atom stereocenters. The predicted octanol–water partition coefficient (Wildman–Crippen LogP) is 2.59. The Hall–Kier alpha value is -2.06. The highest BCUT2D eigenvalue weighted by Crippen LogP contribution is 2.25. The van der Waals surface area contributed by atoms with Gasteiger partial charge in [-0.25, -0.2) is 9.18 Å². The summed E-state index contributed by atoms with van der Waals surface area (Å²) in [7, 11) is 0. The molecular formula is C20H28ClFN4O3. The fourth-order valence-electron chi connectivity index (χ4n) is 3.91. The number of nitrogens with zero attached hydrogens (tertiary/aromatic N) is 4. The average Bonchev–Trinajstić information content (AvgIpc) is 2.68. The monoisotopic (exact) mass is 426 g/mol. The lowest BCUT2D eigenvalue weighted by Crippen LogP contribution is -2.65. The second-order valence-electron chi connectivity index (χ2n) is 8.52. The van der Waals surface area contributed by atoms with Crippen molar-refractivity contribution in [3.8, 4) is 0 Å². The predicted molar refractivity (Wildman–Crippen MR) is 110 cm³/mol. The molecule has 0 spiro atoms. The normalized spacial score (nSPS) is 21.4. The minimum absolute atomic E-state index is 0.0718. The SMILES string of the molecule is CC(C)(C)N1CCN(C(=O)O)[C@@H](C(=O)N2CCN(c3ccc(F)c(Cl)c3)CC2)C1. The van der Waals surface area contributed by atoms with Crippen LogP contribution in [0.15, 0.2) is 18.2 Å². The molecule has 0 saturated carbocycles. The summed E-state index contributed by atoms with van der Waals surface area (Å²) in [5.74, 6) is -0.614. The third-order valence-corrected chi connectivity index (χ3v) is 6.01. The highest BCUT2D eigenvalue weighted by Gasteiger charge is 2.40. The number of hydrogen-bond donors (Lipinski definition) is 1. The maximum Gasteiger partial charge on any atom is 0.408 e. The number of anilines is 1. The zero-order valence-electron chi connectivity index (χ0n) is 17.1. The average molecular weight is 427 g/mol. The number of hydrogen-bond acceptors (Lipinski definition) is 4. The Labute approximate surface area is 175 Å². The van der Waals surface area contributed by atoms with Crippen molar-refractivity contribution in [1.29, 1.82) is 0 Å². The van der Waals surface area contributed by atoms with Crippen molar-refractivity contribution in [1.82, 2.24) is 14.7 Å². The summed E-state index contributed by atoms with van der Waals surface area (Å²) in [6.45, 7) is 9.64. The van der Waals surface area contributed by atoms with Crippen molar-refractivity contribution in [2.45, 2.75) is 32.4 Å². The number of piperazine rings is 2. The first-order valence-corrected chi connectivity index (χ1v) is 10.2. The van der Waals surface area contributed by atoms with Gasteiger partial charge >= 0.3 is 6.09 Å². The molecule has 2 amide bonds. The van der Waals surface area contributed by atoms with Gasteiger partial charge in [0.25, 0.3) is 0 Å². The maximum atomic E-state index is 13.4. The topological polar surface area (TPSA) is 67.3 Å². The van der Waals surface area contributed by atoms with Gasteiger partial charge in [0.15, 0.2) is 0 Å². The molecule has 160 valence electrons. The third kappa shape index (κ3) is 4.75. The molecule has 0 aromatic heterocycles. The van der Waals surface area contributed by atoms with Gasteiger partial charge in [-0.15, -0.1) is 0 Å². The van der Waals surface area contributed by atoms with E-state index in [1.54, 1.807) is 17.0 Å². The van der Waals surface area contributed by atoms with E-state index in [2.05, 4.69) is 25.7 Å². The Morgan fingerprint density at radius 1 is 1.10 bits per heavy atom. The van der Waals surface area contributed by atoms with E-state index in [0.717, 1.165) is 5.69 Å². The standard InChI is InChI=1S/C20H28ClFN4O3/c1-20(2,3)25-10-11-26(19(28)29)17(13-25)18(27)24-8-6-23(7-9-24)14-4-5-16(22)15(21)12-14/h4-5,12,17H,6-11,13H2,1-3H3,(H,28,29)/t17-/m1/s1. The van der Waals surface area contributed by atoms with Gasteiger partial charge in [-0.1, -0.05) is 11.6 Å². The van der Waals surface area contributed by atoms with E-state index in [1.807, 2.05) is 4.90 Å². The van der Waals surface area contributed by atoms with Crippen LogP contribution in [0.25, 0.3) is 0 Å². The molecule has 0 bridgehead atoms. The van der Waals surface area contributed by atoms with Crippen LogP contribution in [-0.4, -0.2) is 89.2 Å². The summed E-state index contributed by atoms with van der Waals surface area (Å²) >= 11 is 5.88. The fourth-order valence-corrected chi connectivity index (χ4v) is 4.08. The fraction of sp³-hybridized carbons (Fsp3) is 0.600. The molecule has 1 N–H and O–H groups in total. The minimum Gasteiger partial charge on any atom is -0.465 e. The molecule has 1 atom stereocenters. The van der Waals surface area contributed by atoms with Crippen molar-refractivity contribution in [2.75, 3.05) is 50.7 Å². The van der Waals surface area contributed by atoms with Gasteiger partial charge in [0, 0.05) is 57.0 Å². The molecule has 2 aliphatic rings. The van der Waals surface area contributed by atoms with E-state index < -0.39 is 18.0 Å². The molecule has 2 saturated heterocycles. The molecular weight excluding hydrogens is 399 g/mol. The van der Waals surface area contributed by atoms with E-state index in [0.29, 0.717) is 45.8 Å². The number of carboxylic acid groups (broad SMARTS) is 1. The number of halogens is 2. The van der Waals surface area contributed by atoms with Gasteiger partial charge in [0.1, 0.15) is 11.9 Å². The van der Waals surface area contributed by atoms with Crippen molar-refractivity contribution in [2.24, 2.45) is 0 Å². The maximum absolute atomic E-state index is 13.4. The van der Waals surface area contributed by atoms with E-state index in [9.17, 15) is 19.1 Å². The van der Waals surface area contributed by atoms with Crippen LogP contribution < -0.4 is 4.90 Å². The number of carbonyl (C=O) groups is 2. The van der Waals surface area contributed by atoms with Gasteiger partial charge in [-0.05, 0) is 39.0 Å². The van der Waals surface area contributed by atoms with Crippen LogP contribution in [0.2, 0.25) is 5.02 Å². The third-order valence-electron chi connectivity index (χ3n) is 5.72. The largest absolute Gasteiger partial charge is 0.465 e. The van der Waals surface area contributed by atoms with Crippen LogP contribution in [0.4, 0.5) is 14.9 Å². The van der Waals surface area contributed by atoms with Gasteiger partial charge < -0.3 is 14.9 Å². The molecule has 3 rings (SSSR count). The highest BCUT2D eigenvalue weighted by atomic mass is 35.5. The summed E-state index contributed by atoms with van der Waals surface area (Å²) in [5, 5.41) is 9.64. The van der Waals surface area contributed by atoms with Crippen LogP contribution in [0.5, 0.6) is 0 Å². The first-order chi connectivity index (χ1) is 13.6. The molecule has 0 aliphatic carbocycles. The van der Waals surface area contributed by atoms with E-state index in [1.165, 1.54) is 11.0 Å². The molecule has 2 heterocycles. The molecule has 1 aromatic rings. The van der Waals surface area contributed by atoms with Crippen molar-refractivity contribution in [3.05, 3.63) is 29.0 Å². The van der Waals surface area contributed by atoms with Gasteiger partial charge in [0.2, 0.25) is 5.91 Å². The van der Waals surface area contributed by atoms with E-state index >= 15 is 0 Å². The van der Waals surface area contributed by atoms with Crippen molar-refractivity contribution >= 4 is 29.3 Å². The Balaban J connectivity index is 1.67. The number of benzene rings is 1. The Kier molecular flexibility index (Phi) is 6.24. The molecule has 7 nitrogen and oxygen atoms in total. The Bertz CT molecular complexity index is 777. The van der Waals surface area contributed by atoms with Crippen molar-refractivity contribution in [3.63, 3.8) is 0 Å². The number of rotatable bonds is 2. The molecule has 9 heteroatoms. The summed E-state index contributed by atoms with van der Waals surface area (Å²) in [6, 6.07) is 3.89. The summed E-state index contributed by atoms with van der Waals surface area (Å²) < 4.78 is 13.4. The number of carbonyl (C=O) groups excluding carboxylic acids is 1. The van der Waals surface area contributed by atoms with Crippen LogP contribution in [0.3, 0.4) is 0 Å². The van der Waals surface area contributed by atoms with Crippen LogP contribution in [-0.2, 0) is 4.79 Å². The lowest BCUT2D eigenvalue weighted by atomic mass is 10.0. The number of amides is 2. The summed E-state index contributed by atoms with van der Waals surface area (Å²) in [4.78, 5) is 32.1. The lowest BCUT2D eigenvalue weighted by molar-refractivity contribution is -0.139. The molecule has 2 aliphatic heterocycles. The lowest BCUT2D eigenvalue weighted by Gasteiger charge is -2.47. The second kappa shape index (κ2) is 8.36. The van der Waals surface area contributed by atoms with Gasteiger partial charge in [-0.3, -0.25) is 14.6 Å². The zero-order chi connectivity index (χ0) is 21.3. The van der Waals surface area contributed by atoms with Gasteiger partial charge in [0.05, 0.1) is 5.02 Å². The van der Waals surface area contributed by atoms with E-state index in [4.69, 9.17) is 11.6 Å². The smallest absolute Gasteiger partial charge is 0.408 e. The molecule has 2 fully saturated rings. The van der Waals surface area contributed by atoms with Crippen molar-refractivity contribution < 1.29 is 19.1 Å². The second-order valence-corrected chi connectivity index (χ2v) is 8.93. The zero-order valence-corrected chi connectivity index (χ0v) is 17.8. The Morgan fingerprint density at radius 2 is 1.76 bits per heavy atom. The summed E-state index contributed by atoms with van der Waals surface area (Å²) in [6.07, 6.45) is -1.06. The van der Waals surface area contributed by atoms with Crippen LogP contribution in [0.1, 0.15) is 20.8 Å². The minimum atomic E-state index is -1.06. The summed E-state index contributed by atoms with van der Waals surface area (Å²) in [5.41, 5.74) is 0.677. The first-order valence-electron chi connectivity index (χ1n) is 9.81. The van der Waals surface area contributed by atoms with E-state index in [-0.39, 0.29) is 16.5 Å². The van der Waals surface area contributed by atoms with Crippen LogP contribution in [0, 0.1) is 5.82 Å². The molecule has 0 radical (unpaired) electrons. The molecule has 29 heavy (non-hydrogen) atoms. The highest BCUT2D eigenvalue weighted by molar-refractivity contribution is 6.31.